The Balaban J connectivity index is 2.10. The molecule has 3 N–H and O–H groups in total. The summed E-state index contributed by atoms with van der Waals surface area (Å²) in [7, 11) is 0. The zero-order chi connectivity index (χ0) is 12.9. The average Bonchev–Trinajstić information content (AvgIpc) is 2.55. The summed E-state index contributed by atoms with van der Waals surface area (Å²) in [6, 6.07) is -0.348. The smallest absolute Gasteiger partial charge is 0.314 e. The Morgan fingerprint density at radius 2 is 2.12 bits per heavy atom. The molecule has 0 radical (unpaired) electrons. The van der Waals surface area contributed by atoms with Gasteiger partial charge in [-0.2, -0.15) is 0 Å². The highest BCUT2D eigenvalue weighted by Gasteiger charge is 2.31. The van der Waals surface area contributed by atoms with E-state index in [9.17, 15) is 9.59 Å². The lowest BCUT2D eigenvalue weighted by atomic mass is 10.1. The van der Waals surface area contributed by atoms with Crippen LogP contribution < -0.4 is 10.6 Å². The maximum Gasteiger partial charge on any atom is 0.314 e. The molecule has 0 aromatic carbocycles. The largest absolute Gasteiger partial charge is 0.481 e. The Morgan fingerprint density at radius 1 is 1.41 bits per heavy atom. The Labute approximate surface area is 101 Å². The number of urea groups is 1. The number of carboxylic acids is 1. The zero-order valence-corrected chi connectivity index (χ0v) is 10.3. The third kappa shape index (κ3) is 5.53. The highest BCUT2D eigenvalue weighted by atomic mass is 16.5. The van der Waals surface area contributed by atoms with Crippen LogP contribution in [0.4, 0.5) is 4.79 Å². The van der Waals surface area contributed by atoms with E-state index in [-0.39, 0.29) is 30.7 Å². The van der Waals surface area contributed by atoms with Crippen molar-refractivity contribution < 1.29 is 19.4 Å². The van der Waals surface area contributed by atoms with Gasteiger partial charge in [-0.3, -0.25) is 4.79 Å². The van der Waals surface area contributed by atoms with Crippen molar-refractivity contribution in [3.63, 3.8) is 0 Å². The lowest BCUT2D eigenvalue weighted by Crippen LogP contribution is -2.40. The highest BCUT2D eigenvalue weighted by molar-refractivity contribution is 5.74. The standard InChI is InChI=1S/C11H20N2O4/c1-11(2)5-3-8(17-11)7-13-10(16)12-6-4-9(14)15/h8H,3-7H2,1-2H3,(H,14,15)(H2,12,13,16). The van der Waals surface area contributed by atoms with Crippen LogP contribution in [0.2, 0.25) is 0 Å². The molecule has 1 atom stereocenters. The molecule has 1 fully saturated rings. The van der Waals surface area contributed by atoms with E-state index in [4.69, 9.17) is 9.84 Å². The van der Waals surface area contributed by atoms with Crippen LogP contribution in [0.1, 0.15) is 33.1 Å². The first-order chi connectivity index (χ1) is 7.89. The summed E-state index contributed by atoms with van der Waals surface area (Å²) in [5.74, 6) is -0.925. The van der Waals surface area contributed by atoms with Crippen molar-refractivity contribution in [2.75, 3.05) is 13.1 Å². The molecule has 6 heteroatoms. The van der Waals surface area contributed by atoms with Crippen molar-refractivity contribution in [1.82, 2.24) is 10.6 Å². The minimum atomic E-state index is -0.925. The number of carbonyl (C=O) groups excluding carboxylic acids is 1. The van der Waals surface area contributed by atoms with E-state index < -0.39 is 5.97 Å². The summed E-state index contributed by atoms with van der Waals surface area (Å²) >= 11 is 0. The van der Waals surface area contributed by atoms with Gasteiger partial charge in [0.25, 0.3) is 0 Å². The summed E-state index contributed by atoms with van der Waals surface area (Å²) in [5, 5.41) is 13.5. The van der Waals surface area contributed by atoms with Gasteiger partial charge < -0.3 is 20.5 Å². The predicted octanol–water partition coefficient (Wildman–Crippen LogP) is 0.718. The van der Waals surface area contributed by atoms with Gasteiger partial charge in [0.05, 0.1) is 18.1 Å². The molecular weight excluding hydrogens is 224 g/mol. The summed E-state index contributed by atoms with van der Waals surface area (Å²) in [4.78, 5) is 21.5. The first kappa shape index (κ1) is 13.8. The Hall–Kier alpha value is -1.30. The van der Waals surface area contributed by atoms with Crippen LogP contribution in [0.25, 0.3) is 0 Å². The number of rotatable bonds is 5. The molecule has 0 aliphatic carbocycles. The van der Waals surface area contributed by atoms with E-state index in [1.54, 1.807) is 0 Å². The molecular formula is C11H20N2O4. The van der Waals surface area contributed by atoms with E-state index in [0.717, 1.165) is 12.8 Å². The second-order valence-electron chi connectivity index (χ2n) is 4.82. The molecule has 2 amide bonds. The van der Waals surface area contributed by atoms with Crippen molar-refractivity contribution in [2.45, 2.75) is 44.8 Å². The Bertz CT molecular complexity index is 291. The zero-order valence-electron chi connectivity index (χ0n) is 10.3. The second kappa shape index (κ2) is 5.86. The summed E-state index contributed by atoms with van der Waals surface area (Å²) < 4.78 is 5.71. The van der Waals surface area contributed by atoms with Gasteiger partial charge in [-0.15, -0.1) is 0 Å². The molecule has 98 valence electrons. The van der Waals surface area contributed by atoms with Gasteiger partial charge in [-0.05, 0) is 26.7 Å². The molecule has 17 heavy (non-hydrogen) atoms. The van der Waals surface area contributed by atoms with Crippen molar-refractivity contribution in [3.05, 3.63) is 0 Å². The van der Waals surface area contributed by atoms with Gasteiger partial charge >= 0.3 is 12.0 Å². The molecule has 1 aliphatic heterocycles. The van der Waals surface area contributed by atoms with Crippen LogP contribution in [0.15, 0.2) is 0 Å². The summed E-state index contributed by atoms with van der Waals surface area (Å²) in [6.45, 7) is 4.65. The van der Waals surface area contributed by atoms with Gasteiger partial charge in [-0.25, -0.2) is 4.79 Å². The Kier molecular flexibility index (Phi) is 4.74. The van der Waals surface area contributed by atoms with E-state index in [1.165, 1.54) is 0 Å². The molecule has 0 aromatic rings. The maximum absolute atomic E-state index is 11.3. The third-order valence-electron chi connectivity index (χ3n) is 2.67. The van der Waals surface area contributed by atoms with Crippen LogP contribution in [0.3, 0.4) is 0 Å². The van der Waals surface area contributed by atoms with Crippen LogP contribution in [-0.4, -0.2) is 41.9 Å². The molecule has 0 bridgehead atoms. The van der Waals surface area contributed by atoms with Crippen molar-refractivity contribution in [2.24, 2.45) is 0 Å². The van der Waals surface area contributed by atoms with E-state index in [1.807, 2.05) is 13.8 Å². The van der Waals surface area contributed by atoms with Gasteiger partial charge in [0, 0.05) is 13.1 Å². The SMILES string of the molecule is CC1(C)CCC(CNC(=O)NCCC(=O)O)O1. The minimum absolute atomic E-state index is 0.0511. The van der Waals surface area contributed by atoms with Crippen LogP contribution >= 0.6 is 0 Å². The molecule has 1 aliphatic rings. The van der Waals surface area contributed by atoms with Crippen LogP contribution in [0, 0.1) is 0 Å². The van der Waals surface area contributed by atoms with Crippen molar-refractivity contribution >= 4 is 12.0 Å². The van der Waals surface area contributed by atoms with Crippen LogP contribution in [-0.2, 0) is 9.53 Å². The number of nitrogens with one attached hydrogen (secondary N) is 2. The van der Waals surface area contributed by atoms with Crippen LogP contribution in [0.5, 0.6) is 0 Å². The minimum Gasteiger partial charge on any atom is -0.481 e. The quantitative estimate of drug-likeness (QED) is 0.665. The number of aliphatic carboxylic acids is 1. The van der Waals surface area contributed by atoms with Gasteiger partial charge in [-0.1, -0.05) is 0 Å². The molecule has 0 aromatic heterocycles. The fourth-order valence-electron chi connectivity index (χ4n) is 1.77. The second-order valence-corrected chi connectivity index (χ2v) is 4.82. The lowest BCUT2D eigenvalue weighted by Gasteiger charge is -2.19. The summed E-state index contributed by atoms with van der Waals surface area (Å²) in [5.41, 5.74) is -0.105. The molecule has 0 spiro atoms. The number of carbonyl (C=O) groups is 2. The molecule has 1 rings (SSSR count). The monoisotopic (exact) mass is 244 g/mol. The molecule has 1 heterocycles. The number of hydrogen-bond acceptors (Lipinski definition) is 3. The molecule has 1 saturated heterocycles. The molecule has 1 unspecified atom stereocenters. The average molecular weight is 244 g/mol. The number of hydrogen-bond donors (Lipinski definition) is 3. The summed E-state index contributed by atoms with van der Waals surface area (Å²) in [6.07, 6.45) is 1.90. The normalized spacial score (nSPS) is 22.1. The first-order valence-corrected chi connectivity index (χ1v) is 5.80. The number of ether oxygens (including phenoxy) is 1. The topological polar surface area (TPSA) is 87.7 Å². The van der Waals surface area contributed by atoms with Crippen molar-refractivity contribution in [1.29, 1.82) is 0 Å². The lowest BCUT2D eigenvalue weighted by molar-refractivity contribution is -0.136. The van der Waals surface area contributed by atoms with E-state index in [2.05, 4.69) is 10.6 Å². The predicted molar refractivity (Wildman–Crippen MR) is 61.8 cm³/mol. The molecule has 0 saturated carbocycles. The maximum atomic E-state index is 11.3. The van der Waals surface area contributed by atoms with E-state index >= 15 is 0 Å². The number of carboxylic acid groups (broad SMARTS) is 1. The molecule has 6 nitrogen and oxygen atoms in total. The van der Waals surface area contributed by atoms with E-state index in [0.29, 0.717) is 6.54 Å². The highest BCUT2D eigenvalue weighted by Crippen LogP contribution is 2.28. The van der Waals surface area contributed by atoms with Crippen molar-refractivity contribution in [3.8, 4) is 0 Å². The fraction of sp³-hybridized carbons (Fsp3) is 0.818. The third-order valence-corrected chi connectivity index (χ3v) is 2.67. The van der Waals surface area contributed by atoms with Gasteiger partial charge in [0.1, 0.15) is 0 Å². The van der Waals surface area contributed by atoms with Gasteiger partial charge in [0.15, 0.2) is 0 Å². The van der Waals surface area contributed by atoms with Gasteiger partial charge in [0.2, 0.25) is 0 Å². The number of amides is 2. The Morgan fingerprint density at radius 3 is 2.65 bits per heavy atom. The fourth-order valence-corrected chi connectivity index (χ4v) is 1.77. The first-order valence-electron chi connectivity index (χ1n) is 5.80.